The predicted molar refractivity (Wildman–Crippen MR) is 123 cm³/mol. The second-order valence-electron chi connectivity index (χ2n) is 7.75. The lowest BCUT2D eigenvalue weighted by atomic mass is 10.1. The third-order valence-corrected chi connectivity index (χ3v) is 4.72. The Labute approximate surface area is 188 Å². The fourth-order valence-corrected chi connectivity index (χ4v) is 2.85. The molecule has 0 radical (unpaired) electrons. The van der Waals surface area contributed by atoms with E-state index in [0.717, 1.165) is 25.7 Å². The van der Waals surface area contributed by atoms with Crippen LogP contribution in [-0.4, -0.2) is 53.4 Å². The van der Waals surface area contributed by atoms with E-state index < -0.39 is 18.1 Å². The molecule has 0 aromatic rings. The van der Waals surface area contributed by atoms with Gasteiger partial charge in [0.25, 0.3) is 0 Å². The van der Waals surface area contributed by atoms with E-state index in [1.54, 1.807) is 6.92 Å². The second-order valence-corrected chi connectivity index (χ2v) is 7.75. The molecule has 2 unspecified atom stereocenters. The summed E-state index contributed by atoms with van der Waals surface area (Å²) in [5, 5.41) is 18.6. The van der Waals surface area contributed by atoms with Crippen LogP contribution in [0.1, 0.15) is 104 Å². The van der Waals surface area contributed by atoms with E-state index in [9.17, 15) is 14.4 Å². The van der Waals surface area contributed by atoms with Gasteiger partial charge in [0.15, 0.2) is 0 Å². The Morgan fingerprint density at radius 3 is 1.87 bits per heavy atom. The number of ether oxygens (including phenoxy) is 1. The van der Waals surface area contributed by atoms with Gasteiger partial charge in [0, 0.05) is 6.42 Å². The molecule has 0 aromatic carbocycles. The molecule has 0 aliphatic carbocycles. The Balaban J connectivity index is 0. The number of carbonyl (C=O) groups excluding carboxylic acids is 2. The van der Waals surface area contributed by atoms with Gasteiger partial charge in [0.1, 0.15) is 12.1 Å². The van der Waals surface area contributed by atoms with Crippen molar-refractivity contribution in [2.45, 2.75) is 116 Å². The summed E-state index contributed by atoms with van der Waals surface area (Å²) in [5.74, 6) is -1.57. The maximum atomic E-state index is 12.1. The molecule has 0 fully saturated rings. The average Bonchev–Trinajstić information content (AvgIpc) is 2.72. The zero-order valence-corrected chi connectivity index (χ0v) is 19.9. The highest BCUT2D eigenvalue weighted by atomic mass is 16.5. The van der Waals surface area contributed by atoms with Crippen molar-refractivity contribution in [1.82, 2.24) is 5.32 Å². The van der Waals surface area contributed by atoms with Crippen molar-refractivity contribution in [3.05, 3.63) is 0 Å². The topological polar surface area (TPSA) is 139 Å². The summed E-state index contributed by atoms with van der Waals surface area (Å²) in [6.45, 7) is 6.14. The molecule has 0 saturated heterocycles. The van der Waals surface area contributed by atoms with Crippen LogP contribution in [0.5, 0.6) is 0 Å². The van der Waals surface area contributed by atoms with Crippen molar-refractivity contribution in [3.63, 3.8) is 0 Å². The van der Waals surface area contributed by atoms with Gasteiger partial charge in [-0.05, 0) is 46.1 Å². The predicted octanol–water partition coefficient (Wildman–Crippen LogP) is 3.54. The number of rotatable bonds is 18. The maximum absolute atomic E-state index is 12.1. The Morgan fingerprint density at radius 1 is 0.903 bits per heavy atom. The quantitative estimate of drug-likeness (QED) is 0.186. The van der Waals surface area contributed by atoms with E-state index in [1.165, 1.54) is 51.9 Å². The number of nitrogens with one attached hydrogen (secondary N) is 1. The molecular weight excluding hydrogens is 400 g/mol. The summed E-state index contributed by atoms with van der Waals surface area (Å²) in [6.07, 6.45) is 12.6. The van der Waals surface area contributed by atoms with Crippen molar-refractivity contribution >= 4 is 17.8 Å². The van der Waals surface area contributed by atoms with E-state index >= 15 is 0 Å². The summed E-state index contributed by atoms with van der Waals surface area (Å²) < 4.78 is 5.05. The minimum atomic E-state index is -1.23. The maximum Gasteiger partial charge on any atom is 0.332 e. The van der Waals surface area contributed by atoms with E-state index in [2.05, 4.69) is 12.2 Å². The smallest absolute Gasteiger partial charge is 0.332 e. The highest BCUT2D eigenvalue weighted by Gasteiger charge is 2.21. The van der Waals surface area contributed by atoms with Gasteiger partial charge in [-0.1, -0.05) is 58.3 Å². The molecule has 31 heavy (non-hydrogen) atoms. The zero-order chi connectivity index (χ0) is 23.9. The number of hydrogen-bond acceptors (Lipinski definition) is 6. The summed E-state index contributed by atoms with van der Waals surface area (Å²) >= 11 is 0. The van der Waals surface area contributed by atoms with Crippen LogP contribution in [0.4, 0.5) is 0 Å². The lowest BCUT2D eigenvalue weighted by Gasteiger charge is -2.17. The van der Waals surface area contributed by atoms with Crippen molar-refractivity contribution in [3.8, 4) is 0 Å². The van der Waals surface area contributed by atoms with Gasteiger partial charge < -0.3 is 26.0 Å². The number of amides is 1. The van der Waals surface area contributed by atoms with Gasteiger partial charge in [-0.15, -0.1) is 0 Å². The number of aliphatic carboxylic acids is 1. The number of esters is 1. The van der Waals surface area contributed by atoms with Gasteiger partial charge in [-0.2, -0.15) is 0 Å². The fraction of sp³-hybridized carbons (Fsp3) is 0.870. The molecule has 0 saturated carbocycles. The first-order valence-corrected chi connectivity index (χ1v) is 11.9. The number of aliphatic hydroxyl groups is 1. The van der Waals surface area contributed by atoms with Crippen molar-refractivity contribution in [2.75, 3.05) is 13.2 Å². The van der Waals surface area contributed by atoms with Crippen molar-refractivity contribution < 1.29 is 29.3 Å². The molecule has 0 rings (SSSR count). The molecule has 0 bridgehead atoms. The van der Waals surface area contributed by atoms with Crippen LogP contribution in [0.3, 0.4) is 0 Å². The van der Waals surface area contributed by atoms with Crippen LogP contribution < -0.4 is 11.1 Å². The number of carboxylic acid groups (broad SMARTS) is 1. The summed E-state index contributed by atoms with van der Waals surface area (Å²) in [6, 6.07) is -0.530. The first-order valence-electron chi connectivity index (χ1n) is 11.9. The molecular formula is C23H46N2O6. The van der Waals surface area contributed by atoms with Gasteiger partial charge in [0.2, 0.25) is 5.91 Å². The molecule has 5 N–H and O–H groups in total. The minimum Gasteiger partial charge on any atom is -0.479 e. The lowest BCUT2D eigenvalue weighted by molar-refractivity contribution is -0.147. The number of nitrogens with two attached hydrogens (primary N) is 1. The Bertz CT molecular complexity index is 457. The Hall–Kier alpha value is -1.67. The van der Waals surface area contributed by atoms with Crippen LogP contribution in [0.2, 0.25) is 0 Å². The SMILES string of the molecule is CC(O)C(=O)O.CCCCCCCCCCCC(=O)NC(CCCCN)C(=O)OCC. The number of aliphatic hydroxyl groups excluding tert-OH is 1. The van der Waals surface area contributed by atoms with Crippen molar-refractivity contribution in [2.24, 2.45) is 5.73 Å². The van der Waals surface area contributed by atoms with Crippen LogP contribution in [0.25, 0.3) is 0 Å². The number of unbranched alkanes of at least 4 members (excludes halogenated alkanes) is 9. The first-order chi connectivity index (χ1) is 14.8. The number of carboxylic acids is 1. The molecule has 1 amide bonds. The van der Waals surface area contributed by atoms with Crippen LogP contribution in [-0.2, 0) is 19.1 Å². The summed E-state index contributed by atoms with van der Waals surface area (Å²) in [4.78, 5) is 33.4. The van der Waals surface area contributed by atoms with Gasteiger partial charge in [0.05, 0.1) is 6.61 Å². The van der Waals surface area contributed by atoms with Crippen LogP contribution in [0, 0.1) is 0 Å². The first kappa shape index (κ1) is 31.5. The number of hydrogen-bond donors (Lipinski definition) is 4. The minimum absolute atomic E-state index is 0.0475. The van der Waals surface area contributed by atoms with E-state index in [-0.39, 0.29) is 11.9 Å². The van der Waals surface area contributed by atoms with Crippen LogP contribution >= 0.6 is 0 Å². The lowest BCUT2D eigenvalue weighted by Crippen LogP contribution is -2.41. The second kappa shape index (κ2) is 23.0. The molecule has 0 aromatic heterocycles. The van der Waals surface area contributed by atoms with E-state index in [0.29, 0.717) is 26.0 Å². The monoisotopic (exact) mass is 446 g/mol. The Kier molecular flexibility index (Phi) is 23.4. The highest BCUT2D eigenvalue weighted by molar-refractivity contribution is 5.84. The summed E-state index contributed by atoms with van der Waals surface area (Å²) in [7, 11) is 0. The normalized spacial score (nSPS) is 12.3. The standard InChI is InChI=1S/C20H40N2O3.C3H6O3/c1-3-5-6-7-8-9-10-11-12-16-19(23)22-18(15-13-14-17-21)20(24)25-4-2;1-2(4)3(5)6/h18H,3-17,21H2,1-2H3,(H,22,23);2,4H,1H3,(H,5,6). The molecule has 8 heteroatoms. The van der Waals surface area contributed by atoms with Crippen molar-refractivity contribution in [1.29, 1.82) is 0 Å². The number of carbonyl (C=O) groups is 3. The molecule has 0 aliphatic rings. The highest BCUT2D eigenvalue weighted by Crippen LogP contribution is 2.11. The summed E-state index contributed by atoms with van der Waals surface area (Å²) in [5.41, 5.74) is 5.49. The molecule has 0 aliphatic heterocycles. The molecule has 2 atom stereocenters. The third kappa shape index (κ3) is 22.8. The van der Waals surface area contributed by atoms with Gasteiger partial charge >= 0.3 is 11.9 Å². The van der Waals surface area contributed by atoms with E-state index in [4.69, 9.17) is 20.7 Å². The molecule has 8 nitrogen and oxygen atoms in total. The molecule has 184 valence electrons. The third-order valence-electron chi connectivity index (χ3n) is 4.72. The molecule has 0 spiro atoms. The van der Waals surface area contributed by atoms with Gasteiger partial charge in [-0.3, -0.25) is 4.79 Å². The van der Waals surface area contributed by atoms with E-state index in [1.807, 2.05) is 0 Å². The van der Waals surface area contributed by atoms with Crippen LogP contribution in [0.15, 0.2) is 0 Å². The zero-order valence-electron chi connectivity index (χ0n) is 19.9. The Morgan fingerprint density at radius 2 is 1.42 bits per heavy atom. The average molecular weight is 447 g/mol. The van der Waals surface area contributed by atoms with Gasteiger partial charge in [-0.25, -0.2) is 9.59 Å². The largest absolute Gasteiger partial charge is 0.479 e. The molecule has 0 heterocycles. The fourth-order valence-electron chi connectivity index (χ4n) is 2.85.